The molecule has 1 saturated heterocycles. The fourth-order valence-electron chi connectivity index (χ4n) is 3.49. The second-order valence-electron chi connectivity index (χ2n) is 8.26. The summed E-state index contributed by atoms with van der Waals surface area (Å²) in [5.41, 5.74) is 2.72. The minimum atomic E-state index is -0.0844. The van der Waals surface area contributed by atoms with E-state index >= 15 is 0 Å². The maximum atomic E-state index is 9.60. The summed E-state index contributed by atoms with van der Waals surface area (Å²) in [6.07, 6.45) is 1.91. The summed E-state index contributed by atoms with van der Waals surface area (Å²) in [5, 5.41) is 11.6. The van der Waals surface area contributed by atoms with Crippen molar-refractivity contribution in [3.05, 3.63) is 34.4 Å². The van der Waals surface area contributed by atoms with Gasteiger partial charge in [0.15, 0.2) is 16.5 Å². The van der Waals surface area contributed by atoms with Crippen molar-refractivity contribution in [1.29, 1.82) is 5.26 Å². The van der Waals surface area contributed by atoms with Gasteiger partial charge in [0.05, 0.1) is 0 Å². The third kappa shape index (κ3) is 3.10. The number of fused-ring (bicyclic) bond motifs is 1. The van der Waals surface area contributed by atoms with Gasteiger partial charge in [-0.05, 0) is 13.8 Å². The highest BCUT2D eigenvalue weighted by atomic mass is 32.1. The number of hydrogen-bond donors (Lipinski definition) is 0. The molecule has 0 bridgehead atoms. The Morgan fingerprint density at radius 1 is 1.00 bits per heavy atom. The smallest absolute Gasteiger partial charge is 0.196 e. The minimum Gasteiger partial charge on any atom is -0.353 e. The highest BCUT2D eigenvalue weighted by Crippen LogP contribution is 2.29. The van der Waals surface area contributed by atoms with Crippen LogP contribution in [0.5, 0.6) is 0 Å². The lowest BCUT2D eigenvalue weighted by Gasteiger charge is -2.37. The number of imidazole rings is 1. The molecule has 0 radical (unpaired) electrons. The van der Waals surface area contributed by atoms with E-state index in [1.54, 1.807) is 11.3 Å². The Balaban J connectivity index is 1.58. The molecule has 8 heteroatoms. The first-order chi connectivity index (χ1) is 13.3. The van der Waals surface area contributed by atoms with Gasteiger partial charge >= 0.3 is 0 Å². The van der Waals surface area contributed by atoms with E-state index in [1.807, 2.05) is 16.0 Å². The van der Waals surface area contributed by atoms with Crippen LogP contribution in [0.4, 0.5) is 11.6 Å². The summed E-state index contributed by atoms with van der Waals surface area (Å²) in [5.74, 6) is 2.71. The molecular formula is C20H25N7S. The van der Waals surface area contributed by atoms with Crippen molar-refractivity contribution in [2.24, 2.45) is 0 Å². The molecule has 3 aromatic heterocycles. The number of thiazole rings is 1. The van der Waals surface area contributed by atoms with Crippen molar-refractivity contribution in [3.63, 3.8) is 0 Å². The molecule has 0 amide bonds. The van der Waals surface area contributed by atoms with Crippen LogP contribution in [-0.4, -0.2) is 45.5 Å². The largest absolute Gasteiger partial charge is 0.353 e. The van der Waals surface area contributed by atoms with Crippen molar-refractivity contribution in [2.45, 2.75) is 40.0 Å². The van der Waals surface area contributed by atoms with E-state index in [4.69, 9.17) is 9.97 Å². The van der Waals surface area contributed by atoms with Crippen molar-refractivity contribution in [1.82, 2.24) is 19.4 Å². The molecule has 0 unspecified atom stereocenters. The predicted octanol–water partition coefficient (Wildman–Crippen LogP) is 3.30. The first-order valence-corrected chi connectivity index (χ1v) is 10.4. The maximum absolute atomic E-state index is 9.60. The fraction of sp³-hybridized carbons (Fsp3) is 0.500. The van der Waals surface area contributed by atoms with Crippen LogP contribution < -0.4 is 9.80 Å². The highest BCUT2D eigenvalue weighted by molar-refractivity contribution is 7.15. The number of nitriles is 1. The second kappa shape index (κ2) is 6.74. The highest BCUT2D eigenvalue weighted by Gasteiger charge is 2.27. The molecule has 146 valence electrons. The standard InChI is InChI=1S/C20H25N7S/c1-13-14(2)22-18(20(3,4)5)23-16(13)25-6-8-26(9-7-25)17-15(12-21)27-10-11-28-19(27)24-17/h10-11H,6-9H2,1-5H3. The average molecular weight is 396 g/mol. The van der Waals surface area contributed by atoms with Gasteiger partial charge in [0, 0.05) is 54.4 Å². The Bertz CT molecular complexity index is 1060. The van der Waals surface area contributed by atoms with E-state index in [9.17, 15) is 5.26 Å². The third-order valence-electron chi connectivity index (χ3n) is 5.26. The minimum absolute atomic E-state index is 0.0844. The summed E-state index contributed by atoms with van der Waals surface area (Å²) in [7, 11) is 0. The number of anilines is 2. The monoisotopic (exact) mass is 395 g/mol. The Labute approximate surface area is 169 Å². The average Bonchev–Trinajstić information content (AvgIpc) is 3.24. The zero-order chi connectivity index (χ0) is 20.1. The molecule has 28 heavy (non-hydrogen) atoms. The van der Waals surface area contributed by atoms with Crippen LogP contribution in [0.25, 0.3) is 4.96 Å². The molecule has 4 heterocycles. The van der Waals surface area contributed by atoms with Gasteiger partial charge in [-0.3, -0.25) is 4.40 Å². The molecule has 0 aromatic carbocycles. The van der Waals surface area contributed by atoms with E-state index < -0.39 is 0 Å². The van der Waals surface area contributed by atoms with E-state index in [0.717, 1.165) is 59.9 Å². The van der Waals surface area contributed by atoms with Crippen LogP contribution in [0.2, 0.25) is 0 Å². The third-order valence-corrected chi connectivity index (χ3v) is 6.02. The summed E-state index contributed by atoms with van der Waals surface area (Å²) < 4.78 is 1.87. The van der Waals surface area contributed by atoms with Crippen molar-refractivity contribution < 1.29 is 0 Å². The van der Waals surface area contributed by atoms with E-state index in [0.29, 0.717) is 5.69 Å². The van der Waals surface area contributed by atoms with Crippen LogP contribution in [0.3, 0.4) is 0 Å². The lowest BCUT2D eigenvalue weighted by Crippen LogP contribution is -2.47. The molecule has 1 aliphatic heterocycles. The molecule has 0 saturated carbocycles. The number of aryl methyl sites for hydroxylation is 1. The summed E-state index contributed by atoms with van der Waals surface area (Å²) in [6.45, 7) is 13.9. The van der Waals surface area contributed by atoms with Crippen LogP contribution in [0.1, 0.15) is 43.5 Å². The quantitative estimate of drug-likeness (QED) is 0.663. The van der Waals surface area contributed by atoms with Gasteiger partial charge in [-0.1, -0.05) is 20.8 Å². The van der Waals surface area contributed by atoms with Gasteiger partial charge in [-0.25, -0.2) is 9.97 Å². The Hall–Kier alpha value is -2.66. The van der Waals surface area contributed by atoms with Crippen molar-refractivity contribution in [3.8, 4) is 6.07 Å². The molecule has 7 nitrogen and oxygen atoms in total. The van der Waals surface area contributed by atoms with E-state index in [1.165, 1.54) is 0 Å². The van der Waals surface area contributed by atoms with Crippen LogP contribution in [0, 0.1) is 25.2 Å². The molecule has 1 aliphatic rings. The van der Waals surface area contributed by atoms with Gasteiger partial charge in [0.2, 0.25) is 0 Å². The van der Waals surface area contributed by atoms with Crippen molar-refractivity contribution >= 4 is 27.9 Å². The molecule has 1 fully saturated rings. The lowest BCUT2D eigenvalue weighted by atomic mass is 9.95. The Kier molecular flexibility index (Phi) is 4.50. The van der Waals surface area contributed by atoms with Gasteiger partial charge in [0.25, 0.3) is 0 Å². The van der Waals surface area contributed by atoms with E-state index in [2.05, 4.69) is 55.5 Å². The predicted molar refractivity (Wildman–Crippen MR) is 112 cm³/mol. The number of rotatable bonds is 2. The molecule has 4 rings (SSSR count). The summed E-state index contributed by atoms with van der Waals surface area (Å²) >= 11 is 1.55. The SMILES string of the molecule is Cc1nc(C(C)(C)C)nc(N2CCN(c3nc4sccn4c3C#N)CC2)c1C. The van der Waals surface area contributed by atoms with Gasteiger partial charge in [0.1, 0.15) is 17.7 Å². The van der Waals surface area contributed by atoms with Crippen LogP contribution >= 0.6 is 11.3 Å². The summed E-state index contributed by atoms with van der Waals surface area (Å²) in [6, 6.07) is 2.32. The Morgan fingerprint density at radius 3 is 2.25 bits per heavy atom. The summed E-state index contributed by atoms with van der Waals surface area (Å²) in [4.78, 5) is 19.7. The topological polar surface area (TPSA) is 73.3 Å². The van der Waals surface area contributed by atoms with Crippen LogP contribution in [-0.2, 0) is 5.41 Å². The maximum Gasteiger partial charge on any atom is 0.196 e. The van der Waals surface area contributed by atoms with Crippen LogP contribution in [0.15, 0.2) is 11.6 Å². The zero-order valence-corrected chi connectivity index (χ0v) is 17.8. The van der Waals surface area contributed by atoms with Gasteiger partial charge in [-0.2, -0.15) is 10.2 Å². The second-order valence-corrected chi connectivity index (χ2v) is 9.13. The van der Waals surface area contributed by atoms with Crippen molar-refractivity contribution in [2.75, 3.05) is 36.0 Å². The molecule has 0 N–H and O–H groups in total. The normalized spacial score (nSPS) is 15.3. The molecular weight excluding hydrogens is 370 g/mol. The van der Waals surface area contributed by atoms with E-state index in [-0.39, 0.29) is 5.41 Å². The fourth-order valence-corrected chi connectivity index (χ4v) is 4.19. The van der Waals surface area contributed by atoms with Gasteiger partial charge in [-0.15, -0.1) is 11.3 Å². The molecule has 3 aromatic rings. The number of aromatic nitrogens is 4. The number of hydrogen-bond acceptors (Lipinski definition) is 7. The molecule has 0 spiro atoms. The number of piperazine rings is 1. The first-order valence-electron chi connectivity index (χ1n) is 9.51. The first kappa shape index (κ1) is 18.7. The number of nitrogens with zero attached hydrogens (tertiary/aromatic N) is 7. The molecule has 0 atom stereocenters. The van der Waals surface area contributed by atoms with Gasteiger partial charge < -0.3 is 9.80 Å². The molecule has 0 aliphatic carbocycles. The zero-order valence-electron chi connectivity index (χ0n) is 17.0. The lowest BCUT2D eigenvalue weighted by molar-refractivity contribution is 0.538. The Morgan fingerprint density at radius 2 is 1.64 bits per heavy atom.